The fraction of sp³-hybridized carbons (Fsp3) is 0.167. The summed E-state index contributed by atoms with van der Waals surface area (Å²) in [5.74, 6) is -0.901. The molecule has 1 N–H and O–H groups in total. The highest BCUT2D eigenvalue weighted by Crippen LogP contribution is 2.29. The predicted octanol–water partition coefficient (Wildman–Crippen LogP) is 5.09. The van der Waals surface area contributed by atoms with Gasteiger partial charge in [-0.3, -0.25) is 9.59 Å². The molecule has 34 heavy (non-hydrogen) atoms. The number of thiazole rings is 1. The van der Waals surface area contributed by atoms with E-state index in [0.29, 0.717) is 27.4 Å². The smallest absolute Gasteiger partial charge is 0.230 e. The fourth-order valence-electron chi connectivity index (χ4n) is 3.83. The normalized spacial score (nSPS) is 15.7. The second-order valence-corrected chi connectivity index (χ2v) is 9.25. The summed E-state index contributed by atoms with van der Waals surface area (Å²) in [5.41, 5.74) is 2.99. The van der Waals surface area contributed by atoms with Gasteiger partial charge in [-0.2, -0.15) is 9.78 Å². The van der Waals surface area contributed by atoms with Crippen LogP contribution in [0.1, 0.15) is 12.1 Å². The van der Waals surface area contributed by atoms with Crippen LogP contribution < -0.4 is 10.2 Å². The van der Waals surface area contributed by atoms with Gasteiger partial charge in [0, 0.05) is 40.7 Å². The first-order valence-electron chi connectivity index (χ1n) is 10.5. The summed E-state index contributed by atoms with van der Waals surface area (Å²) in [6.45, 7) is 2.05. The number of benzene rings is 2. The molecule has 2 aromatic heterocycles. The maximum Gasteiger partial charge on any atom is 0.230 e. The summed E-state index contributed by atoms with van der Waals surface area (Å²) in [6.07, 6.45) is 0.0777. The molecule has 1 atom stereocenters. The van der Waals surface area contributed by atoms with Gasteiger partial charge in [-0.15, -0.1) is 11.3 Å². The first-order chi connectivity index (χ1) is 16.4. The van der Waals surface area contributed by atoms with Crippen molar-refractivity contribution in [1.29, 1.82) is 0 Å². The van der Waals surface area contributed by atoms with Crippen LogP contribution in [0.3, 0.4) is 0 Å². The van der Waals surface area contributed by atoms with Gasteiger partial charge in [0.05, 0.1) is 17.3 Å². The van der Waals surface area contributed by atoms with E-state index in [1.54, 1.807) is 22.9 Å². The van der Waals surface area contributed by atoms with Crippen LogP contribution in [0.25, 0.3) is 16.4 Å². The van der Waals surface area contributed by atoms with Crippen LogP contribution >= 0.6 is 22.9 Å². The minimum Gasteiger partial charge on any atom is -0.312 e. The number of nitrogens with zero attached hydrogens (tertiary/aromatic N) is 4. The van der Waals surface area contributed by atoms with Gasteiger partial charge >= 0.3 is 0 Å². The summed E-state index contributed by atoms with van der Waals surface area (Å²) >= 11 is 7.37. The van der Waals surface area contributed by atoms with E-state index in [1.807, 2.05) is 24.4 Å². The Hall–Kier alpha value is -3.56. The number of halogens is 2. The predicted molar refractivity (Wildman–Crippen MR) is 130 cm³/mol. The van der Waals surface area contributed by atoms with Gasteiger partial charge in [-0.1, -0.05) is 23.7 Å². The van der Waals surface area contributed by atoms with E-state index in [1.165, 1.54) is 40.5 Å². The lowest BCUT2D eigenvalue weighted by Crippen LogP contribution is -2.28. The van der Waals surface area contributed by atoms with E-state index in [9.17, 15) is 14.0 Å². The molecule has 3 heterocycles. The molecule has 2 amide bonds. The number of amides is 2. The Bertz CT molecular complexity index is 1370. The molecular formula is C24H19ClFN5O2S. The second-order valence-electron chi connectivity index (χ2n) is 7.98. The highest BCUT2D eigenvalue weighted by atomic mass is 35.5. The zero-order valence-corrected chi connectivity index (χ0v) is 19.6. The van der Waals surface area contributed by atoms with Crippen molar-refractivity contribution in [2.75, 3.05) is 16.8 Å². The molecule has 0 radical (unpaired) electrons. The third-order valence-electron chi connectivity index (χ3n) is 5.53. The molecule has 10 heteroatoms. The molecule has 2 aromatic carbocycles. The van der Waals surface area contributed by atoms with Crippen molar-refractivity contribution in [3.8, 4) is 16.4 Å². The van der Waals surface area contributed by atoms with Crippen molar-refractivity contribution in [1.82, 2.24) is 14.8 Å². The quantitative estimate of drug-likeness (QED) is 0.418. The molecule has 172 valence electrons. The largest absolute Gasteiger partial charge is 0.312 e. The zero-order chi connectivity index (χ0) is 23.8. The maximum absolute atomic E-state index is 13.2. The van der Waals surface area contributed by atoms with Crippen molar-refractivity contribution in [3.05, 3.63) is 76.5 Å². The van der Waals surface area contributed by atoms with Gasteiger partial charge in [0.2, 0.25) is 16.9 Å². The Morgan fingerprint density at radius 3 is 2.65 bits per heavy atom. The highest BCUT2D eigenvalue weighted by molar-refractivity contribution is 7.12. The summed E-state index contributed by atoms with van der Waals surface area (Å²) < 4.78 is 14.8. The van der Waals surface area contributed by atoms with Gasteiger partial charge in [0.15, 0.2) is 0 Å². The van der Waals surface area contributed by atoms with Gasteiger partial charge in [-0.25, -0.2) is 9.37 Å². The van der Waals surface area contributed by atoms with Gasteiger partial charge in [-0.05, 0) is 43.3 Å². The first kappa shape index (κ1) is 22.2. The monoisotopic (exact) mass is 495 g/mol. The van der Waals surface area contributed by atoms with E-state index in [-0.39, 0.29) is 30.6 Å². The molecule has 0 aliphatic carbocycles. The molecule has 1 fully saturated rings. The SMILES string of the molecule is Cc1cc(NC(=O)C2CC(=O)N(c3ccc(F)cc3)C2)n(-c2nc(-c3ccc(Cl)cc3)cs2)n1. The molecular weight excluding hydrogens is 477 g/mol. The van der Waals surface area contributed by atoms with Crippen molar-refractivity contribution in [2.24, 2.45) is 5.92 Å². The standard InChI is InChI=1S/C24H19ClFN5O2S/c1-14-10-21(31(29-14)24-27-20(13-34-24)15-2-4-17(25)5-3-15)28-23(33)16-11-22(32)30(12-16)19-8-6-18(26)7-9-19/h2-10,13,16H,11-12H2,1H3,(H,28,33). The van der Waals surface area contributed by atoms with E-state index in [0.717, 1.165) is 11.3 Å². The third kappa shape index (κ3) is 4.44. The first-order valence-corrected chi connectivity index (χ1v) is 11.8. The van der Waals surface area contributed by atoms with Crippen molar-refractivity contribution in [3.63, 3.8) is 0 Å². The van der Waals surface area contributed by atoms with Crippen molar-refractivity contribution >= 4 is 46.3 Å². The number of aryl methyl sites for hydroxylation is 1. The average molecular weight is 496 g/mol. The molecule has 1 saturated heterocycles. The zero-order valence-electron chi connectivity index (χ0n) is 18.0. The Morgan fingerprint density at radius 1 is 1.18 bits per heavy atom. The van der Waals surface area contributed by atoms with Crippen LogP contribution in [-0.2, 0) is 9.59 Å². The molecule has 1 aliphatic heterocycles. The van der Waals surface area contributed by atoms with Crippen LogP contribution in [0.15, 0.2) is 60.0 Å². The minimum absolute atomic E-state index is 0.0777. The van der Waals surface area contributed by atoms with Gasteiger partial charge in [0.1, 0.15) is 11.6 Å². The minimum atomic E-state index is -0.540. The Balaban J connectivity index is 1.33. The number of anilines is 2. The van der Waals surface area contributed by atoms with Gasteiger partial charge in [0.25, 0.3) is 0 Å². The van der Waals surface area contributed by atoms with E-state index >= 15 is 0 Å². The number of carbonyl (C=O) groups excluding carboxylic acids is 2. The van der Waals surface area contributed by atoms with Crippen LogP contribution in [-0.4, -0.2) is 33.1 Å². The van der Waals surface area contributed by atoms with E-state index < -0.39 is 5.92 Å². The molecule has 0 spiro atoms. The number of hydrogen-bond acceptors (Lipinski definition) is 5. The summed E-state index contributed by atoms with van der Waals surface area (Å²) in [7, 11) is 0. The van der Waals surface area contributed by atoms with Crippen LogP contribution in [0.4, 0.5) is 15.9 Å². The number of aromatic nitrogens is 3. The average Bonchev–Trinajstić information content (AvgIpc) is 3.53. The maximum atomic E-state index is 13.2. The lowest BCUT2D eigenvalue weighted by atomic mass is 10.1. The fourth-order valence-corrected chi connectivity index (χ4v) is 4.75. The Labute approximate surface area is 203 Å². The van der Waals surface area contributed by atoms with Crippen molar-refractivity contribution < 1.29 is 14.0 Å². The Kier molecular flexibility index (Phi) is 5.89. The summed E-state index contributed by atoms with van der Waals surface area (Å²) in [6, 6.07) is 14.8. The highest BCUT2D eigenvalue weighted by Gasteiger charge is 2.35. The van der Waals surface area contributed by atoms with E-state index in [4.69, 9.17) is 11.6 Å². The number of carbonyl (C=O) groups is 2. The molecule has 5 rings (SSSR count). The molecule has 0 bridgehead atoms. The van der Waals surface area contributed by atoms with E-state index in [2.05, 4.69) is 15.4 Å². The molecule has 4 aromatic rings. The van der Waals surface area contributed by atoms with Crippen LogP contribution in [0.5, 0.6) is 0 Å². The lowest BCUT2D eigenvalue weighted by Gasteiger charge is -2.16. The molecule has 0 saturated carbocycles. The molecule has 1 unspecified atom stereocenters. The third-order valence-corrected chi connectivity index (χ3v) is 6.60. The number of hydrogen-bond donors (Lipinski definition) is 1. The summed E-state index contributed by atoms with van der Waals surface area (Å²) in [5, 5.41) is 10.5. The Morgan fingerprint density at radius 2 is 1.91 bits per heavy atom. The number of nitrogens with one attached hydrogen (secondary N) is 1. The lowest BCUT2D eigenvalue weighted by molar-refractivity contribution is -0.122. The molecule has 1 aliphatic rings. The van der Waals surface area contributed by atoms with Crippen LogP contribution in [0, 0.1) is 18.7 Å². The van der Waals surface area contributed by atoms with Crippen molar-refractivity contribution in [2.45, 2.75) is 13.3 Å². The van der Waals surface area contributed by atoms with Crippen LogP contribution in [0.2, 0.25) is 5.02 Å². The molecule has 7 nitrogen and oxygen atoms in total. The second kappa shape index (κ2) is 9.00. The topological polar surface area (TPSA) is 80.1 Å². The van der Waals surface area contributed by atoms with Gasteiger partial charge < -0.3 is 10.2 Å². The summed E-state index contributed by atoms with van der Waals surface area (Å²) in [4.78, 5) is 31.7. The number of rotatable bonds is 5.